The average Bonchev–Trinajstić information content (AvgIpc) is 2.83. The van der Waals surface area contributed by atoms with E-state index in [-0.39, 0.29) is 29.7 Å². The predicted octanol–water partition coefficient (Wildman–Crippen LogP) is 3.24. The van der Waals surface area contributed by atoms with E-state index in [1.54, 1.807) is 5.32 Å². The Bertz CT molecular complexity index is 871. The van der Waals surface area contributed by atoms with Crippen LogP contribution >= 0.6 is 0 Å². The van der Waals surface area contributed by atoms with Crippen molar-refractivity contribution in [2.45, 2.75) is 27.3 Å². The van der Waals surface area contributed by atoms with Crippen LogP contribution in [-0.4, -0.2) is 20.6 Å². The van der Waals surface area contributed by atoms with Gasteiger partial charge in [0.15, 0.2) is 23.3 Å². The molecule has 0 unspecified atom stereocenters. The number of benzene rings is 1. The first-order chi connectivity index (χ1) is 12.0. The minimum atomic E-state index is -1.73. The standard InChI is InChI=1S/C15H14F4N4O3/c1-6(5-22-8(3)14(23(25)26)7(2)21-22)15(24)20-13-11(18)9(16)4-10(17)12(13)19/h4,6H,5H2,1-3H3,(H,20,24)/t6-/m0/s1. The zero-order valence-electron chi connectivity index (χ0n) is 13.9. The molecule has 0 fully saturated rings. The molecule has 1 amide bonds. The first kappa shape index (κ1) is 19.3. The van der Waals surface area contributed by atoms with Gasteiger partial charge in [0.1, 0.15) is 17.1 Å². The summed E-state index contributed by atoms with van der Waals surface area (Å²) in [6.45, 7) is 4.08. The van der Waals surface area contributed by atoms with Gasteiger partial charge in [-0.2, -0.15) is 5.10 Å². The van der Waals surface area contributed by atoms with E-state index in [1.807, 2.05) is 0 Å². The van der Waals surface area contributed by atoms with Gasteiger partial charge in [-0.25, -0.2) is 17.6 Å². The first-order valence-electron chi connectivity index (χ1n) is 7.36. The smallest absolute Gasteiger partial charge is 0.312 e. The third kappa shape index (κ3) is 3.51. The third-order valence-corrected chi connectivity index (χ3v) is 3.78. The Morgan fingerprint density at radius 3 is 2.27 bits per heavy atom. The van der Waals surface area contributed by atoms with E-state index in [0.29, 0.717) is 0 Å². The maximum absolute atomic E-state index is 13.6. The van der Waals surface area contributed by atoms with Gasteiger partial charge in [-0.3, -0.25) is 19.6 Å². The fourth-order valence-corrected chi connectivity index (χ4v) is 2.40. The second-order valence-corrected chi connectivity index (χ2v) is 5.69. The van der Waals surface area contributed by atoms with Crippen LogP contribution in [0.15, 0.2) is 6.07 Å². The van der Waals surface area contributed by atoms with Crippen LogP contribution in [0.4, 0.5) is 28.9 Å². The highest BCUT2D eigenvalue weighted by Gasteiger charge is 2.26. The second kappa shape index (κ2) is 7.10. The summed E-state index contributed by atoms with van der Waals surface area (Å²) in [5, 5.41) is 16.7. The van der Waals surface area contributed by atoms with Crippen LogP contribution in [0.3, 0.4) is 0 Å². The van der Waals surface area contributed by atoms with Gasteiger partial charge in [0.2, 0.25) is 5.91 Å². The number of carbonyl (C=O) groups excluding carboxylic acids is 1. The van der Waals surface area contributed by atoms with Crippen molar-refractivity contribution in [2.75, 3.05) is 5.32 Å². The van der Waals surface area contributed by atoms with Crippen molar-refractivity contribution in [1.29, 1.82) is 0 Å². The van der Waals surface area contributed by atoms with E-state index in [9.17, 15) is 32.5 Å². The third-order valence-electron chi connectivity index (χ3n) is 3.78. The lowest BCUT2D eigenvalue weighted by atomic mass is 10.1. The van der Waals surface area contributed by atoms with E-state index < -0.39 is 45.7 Å². The highest BCUT2D eigenvalue weighted by Crippen LogP contribution is 2.26. The molecule has 11 heteroatoms. The largest absolute Gasteiger partial charge is 0.321 e. The number of rotatable bonds is 5. The molecule has 0 saturated heterocycles. The highest BCUT2D eigenvalue weighted by atomic mass is 19.2. The van der Waals surface area contributed by atoms with Crippen molar-refractivity contribution in [3.8, 4) is 0 Å². The molecule has 7 nitrogen and oxygen atoms in total. The van der Waals surface area contributed by atoms with Gasteiger partial charge in [0.05, 0.1) is 17.4 Å². The maximum atomic E-state index is 13.6. The van der Waals surface area contributed by atoms with Gasteiger partial charge >= 0.3 is 5.69 Å². The van der Waals surface area contributed by atoms with Crippen LogP contribution in [0, 0.1) is 53.1 Å². The monoisotopic (exact) mass is 374 g/mol. The first-order valence-corrected chi connectivity index (χ1v) is 7.36. The quantitative estimate of drug-likeness (QED) is 0.377. The summed E-state index contributed by atoms with van der Waals surface area (Å²) in [5.74, 6) is -8.67. The van der Waals surface area contributed by atoms with E-state index in [1.165, 1.54) is 25.5 Å². The fraction of sp³-hybridized carbons (Fsp3) is 0.333. The number of nitrogens with one attached hydrogen (secondary N) is 1. The molecule has 0 radical (unpaired) electrons. The number of hydrogen-bond donors (Lipinski definition) is 1. The summed E-state index contributed by atoms with van der Waals surface area (Å²) in [7, 11) is 0. The molecule has 0 aliphatic heterocycles. The minimum absolute atomic E-state index is 0.0265. The fourth-order valence-electron chi connectivity index (χ4n) is 2.40. The molecule has 0 aliphatic rings. The lowest BCUT2D eigenvalue weighted by Gasteiger charge is -2.14. The molecule has 0 saturated carbocycles. The van der Waals surface area contributed by atoms with Crippen LogP contribution < -0.4 is 5.32 Å². The van der Waals surface area contributed by atoms with Crippen molar-refractivity contribution in [1.82, 2.24) is 9.78 Å². The van der Waals surface area contributed by atoms with Crippen molar-refractivity contribution < 1.29 is 27.3 Å². The normalized spacial score (nSPS) is 12.1. The summed E-state index contributed by atoms with van der Waals surface area (Å²) >= 11 is 0. The lowest BCUT2D eigenvalue weighted by molar-refractivity contribution is -0.386. The van der Waals surface area contributed by atoms with E-state index in [4.69, 9.17) is 0 Å². The topological polar surface area (TPSA) is 90.1 Å². The number of aryl methyl sites for hydroxylation is 1. The Kier molecular flexibility index (Phi) is 5.28. The number of nitrogens with zero attached hydrogens (tertiary/aromatic N) is 3. The Balaban J connectivity index is 2.22. The molecular formula is C15H14F4N4O3. The highest BCUT2D eigenvalue weighted by molar-refractivity contribution is 5.92. The predicted molar refractivity (Wildman–Crippen MR) is 82.4 cm³/mol. The molecule has 2 aromatic rings. The lowest BCUT2D eigenvalue weighted by Crippen LogP contribution is -2.26. The van der Waals surface area contributed by atoms with E-state index in [0.717, 1.165) is 0 Å². The maximum Gasteiger partial charge on any atom is 0.312 e. The Hall–Kier alpha value is -2.98. The number of hydrogen-bond acceptors (Lipinski definition) is 4. The van der Waals surface area contributed by atoms with Crippen molar-refractivity contribution in [3.63, 3.8) is 0 Å². The number of nitro groups is 1. The van der Waals surface area contributed by atoms with Crippen LogP contribution in [0.1, 0.15) is 18.3 Å². The zero-order chi connectivity index (χ0) is 19.8. The average molecular weight is 374 g/mol. The number of amides is 1. The van der Waals surface area contributed by atoms with Gasteiger partial charge in [-0.05, 0) is 13.8 Å². The van der Waals surface area contributed by atoms with Gasteiger partial charge in [-0.1, -0.05) is 6.92 Å². The van der Waals surface area contributed by atoms with Gasteiger partial charge in [0, 0.05) is 6.07 Å². The molecule has 0 bridgehead atoms. The summed E-state index contributed by atoms with van der Waals surface area (Å²) < 4.78 is 54.8. The molecule has 140 valence electrons. The molecule has 0 spiro atoms. The van der Waals surface area contributed by atoms with Crippen molar-refractivity contribution in [2.24, 2.45) is 5.92 Å². The Morgan fingerprint density at radius 1 is 1.27 bits per heavy atom. The summed E-state index contributed by atoms with van der Waals surface area (Å²) in [6, 6.07) is 0.0265. The summed E-state index contributed by atoms with van der Waals surface area (Å²) in [6.07, 6.45) is 0. The van der Waals surface area contributed by atoms with Gasteiger partial charge in [-0.15, -0.1) is 0 Å². The molecule has 26 heavy (non-hydrogen) atoms. The molecule has 0 aliphatic carbocycles. The summed E-state index contributed by atoms with van der Waals surface area (Å²) in [4.78, 5) is 22.5. The van der Waals surface area contributed by atoms with Gasteiger partial charge < -0.3 is 5.32 Å². The van der Waals surface area contributed by atoms with Crippen molar-refractivity contribution >= 4 is 17.3 Å². The van der Waals surface area contributed by atoms with Crippen LogP contribution in [0.25, 0.3) is 0 Å². The molecule has 2 rings (SSSR count). The van der Waals surface area contributed by atoms with Crippen LogP contribution in [-0.2, 0) is 11.3 Å². The molecule has 1 aromatic carbocycles. The molecule has 1 aromatic heterocycles. The Morgan fingerprint density at radius 2 is 1.81 bits per heavy atom. The SMILES string of the molecule is Cc1nn(C[C@H](C)C(=O)Nc2c(F)c(F)cc(F)c2F)c(C)c1[N+](=O)[O-]. The molecule has 1 heterocycles. The number of halogens is 4. The van der Waals surface area contributed by atoms with Crippen LogP contribution in [0.2, 0.25) is 0 Å². The summed E-state index contributed by atoms with van der Waals surface area (Å²) in [5.41, 5.74) is -1.11. The minimum Gasteiger partial charge on any atom is -0.321 e. The number of aromatic nitrogens is 2. The van der Waals surface area contributed by atoms with Crippen LogP contribution in [0.5, 0.6) is 0 Å². The molecule has 1 atom stereocenters. The number of anilines is 1. The molecular weight excluding hydrogens is 360 g/mol. The zero-order valence-corrected chi connectivity index (χ0v) is 13.9. The van der Waals surface area contributed by atoms with Crippen molar-refractivity contribution in [3.05, 3.63) is 50.8 Å². The second-order valence-electron chi connectivity index (χ2n) is 5.69. The molecule has 1 N–H and O–H groups in total. The van der Waals surface area contributed by atoms with E-state index in [2.05, 4.69) is 5.10 Å². The van der Waals surface area contributed by atoms with Gasteiger partial charge in [0.25, 0.3) is 0 Å². The van der Waals surface area contributed by atoms with E-state index >= 15 is 0 Å². The Labute approximate surface area is 144 Å². The number of carbonyl (C=O) groups is 1.